The van der Waals surface area contributed by atoms with Gasteiger partial charge in [-0.05, 0) is 0 Å². The Kier molecular flexibility index (Phi) is 7.23. The Morgan fingerprint density at radius 3 is 1.69 bits per heavy atom. The standard InChI is InChI=1S/C12H14Se/c1-11(2)7-5-9-13-10-6-8-12(3)4/h1,3,9-10H2,2,4H3. The molecule has 0 aliphatic heterocycles. The number of rotatable bonds is 2. The maximum atomic E-state index is 3.71. The van der Waals surface area contributed by atoms with Crippen molar-refractivity contribution < 1.29 is 0 Å². The zero-order valence-electron chi connectivity index (χ0n) is 8.24. The van der Waals surface area contributed by atoms with Gasteiger partial charge >= 0.3 is 87.4 Å². The van der Waals surface area contributed by atoms with E-state index in [0.29, 0.717) is 15.0 Å². The van der Waals surface area contributed by atoms with E-state index in [4.69, 9.17) is 0 Å². The molecular weight excluding hydrogens is 223 g/mol. The molecule has 0 atom stereocenters. The Morgan fingerprint density at radius 2 is 1.38 bits per heavy atom. The topological polar surface area (TPSA) is 0 Å². The number of hydrogen-bond acceptors (Lipinski definition) is 0. The molecule has 0 saturated heterocycles. The van der Waals surface area contributed by atoms with E-state index in [1.807, 2.05) is 13.8 Å². The molecule has 0 saturated carbocycles. The molecule has 0 unspecified atom stereocenters. The predicted octanol–water partition coefficient (Wildman–Crippen LogP) is 2.69. The van der Waals surface area contributed by atoms with E-state index in [-0.39, 0.29) is 0 Å². The van der Waals surface area contributed by atoms with E-state index in [1.165, 1.54) is 0 Å². The van der Waals surface area contributed by atoms with Crippen molar-refractivity contribution in [2.45, 2.75) is 24.5 Å². The SMILES string of the molecule is C=C(C)C#CC[Se]CC#CC(=C)C. The minimum absolute atomic E-state index is 0.519. The summed E-state index contributed by atoms with van der Waals surface area (Å²) < 4.78 is 0. The summed E-state index contributed by atoms with van der Waals surface area (Å²) in [6.45, 7) is 11.2. The van der Waals surface area contributed by atoms with Gasteiger partial charge in [-0.15, -0.1) is 0 Å². The van der Waals surface area contributed by atoms with Gasteiger partial charge in [0, 0.05) is 0 Å². The molecule has 0 aromatic carbocycles. The first-order valence-corrected chi connectivity index (χ1v) is 6.41. The molecule has 0 N–H and O–H groups in total. The van der Waals surface area contributed by atoms with Gasteiger partial charge in [-0.3, -0.25) is 0 Å². The average molecular weight is 237 g/mol. The Morgan fingerprint density at radius 1 is 1.00 bits per heavy atom. The third-order valence-corrected chi connectivity index (χ3v) is 2.41. The van der Waals surface area contributed by atoms with Crippen LogP contribution in [0.2, 0.25) is 10.6 Å². The summed E-state index contributed by atoms with van der Waals surface area (Å²) in [5, 5.41) is 1.93. The van der Waals surface area contributed by atoms with Crippen molar-refractivity contribution in [2.75, 3.05) is 0 Å². The van der Waals surface area contributed by atoms with Gasteiger partial charge in [-0.25, -0.2) is 0 Å². The van der Waals surface area contributed by atoms with E-state index in [9.17, 15) is 0 Å². The summed E-state index contributed by atoms with van der Waals surface area (Å²) in [5.74, 6) is 12.0. The van der Waals surface area contributed by atoms with Crippen LogP contribution in [0.3, 0.4) is 0 Å². The summed E-state index contributed by atoms with van der Waals surface area (Å²) in [4.78, 5) is 0. The number of allylic oxidation sites excluding steroid dienone is 2. The van der Waals surface area contributed by atoms with Gasteiger partial charge in [0.1, 0.15) is 0 Å². The molecular formula is C12H14Se. The van der Waals surface area contributed by atoms with E-state index in [1.54, 1.807) is 0 Å². The third-order valence-electron chi connectivity index (χ3n) is 0.952. The van der Waals surface area contributed by atoms with Crippen molar-refractivity contribution in [2.24, 2.45) is 0 Å². The number of hydrogen-bond donors (Lipinski definition) is 0. The van der Waals surface area contributed by atoms with Crippen LogP contribution in [0.5, 0.6) is 0 Å². The molecule has 0 heterocycles. The molecule has 0 aromatic rings. The quantitative estimate of drug-likeness (QED) is 0.393. The molecule has 0 aliphatic carbocycles. The van der Waals surface area contributed by atoms with Gasteiger partial charge in [0.05, 0.1) is 0 Å². The van der Waals surface area contributed by atoms with Gasteiger partial charge < -0.3 is 0 Å². The monoisotopic (exact) mass is 238 g/mol. The van der Waals surface area contributed by atoms with Crippen LogP contribution in [0.25, 0.3) is 0 Å². The summed E-state index contributed by atoms with van der Waals surface area (Å²) in [6.07, 6.45) is 0. The van der Waals surface area contributed by atoms with Gasteiger partial charge in [0.25, 0.3) is 0 Å². The molecule has 0 fully saturated rings. The van der Waals surface area contributed by atoms with Gasteiger partial charge in [-0.1, -0.05) is 0 Å². The zero-order chi connectivity index (χ0) is 10.1. The van der Waals surface area contributed by atoms with Gasteiger partial charge in [0.2, 0.25) is 0 Å². The van der Waals surface area contributed by atoms with Crippen molar-refractivity contribution in [3.05, 3.63) is 24.3 Å². The second kappa shape index (κ2) is 7.75. The Labute approximate surface area is 87.7 Å². The second-order valence-electron chi connectivity index (χ2n) is 2.66. The van der Waals surface area contributed by atoms with Gasteiger partial charge in [-0.2, -0.15) is 0 Å². The first-order valence-electron chi connectivity index (χ1n) is 3.99. The Hall–Kier alpha value is -0.881. The normalized spacial score (nSPS) is 7.54. The Bertz CT molecular complexity index is 269. The molecule has 0 bridgehead atoms. The van der Waals surface area contributed by atoms with E-state index in [2.05, 4.69) is 36.8 Å². The van der Waals surface area contributed by atoms with Crippen LogP contribution in [0.4, 0.5) is 0 Å². The van der Waals surface area contributed by atoms with Crippen LogP contribution in [-0.2, 0) is 0 Å². The summed E-state index contributed by atoms with van der Waals surface area (Å²) in [5.41, 5.74) is 1.87. The van der Waals surface area contributed by atoms with Crippen LogP contribution < -0.4 is 0 Å². The first-order chi connectivity index (χ1) is 6.13. The average Bonchev–Trinajstić information content (AvgIpc) is 2.01. The van der Waals surface area contributed by atoms with Crippen LogP contribution in [-0.4, -0.2) is 15.0 Å². The summed E-state index contributed by atoms with van der Waals surface area (Å²) >= 11 is 0.519. The van der Waals surface area contributed by atoms with Crippen molar-refractivity contribution in [1.29, 1.82) is 0 Å². The molecule has 0 amide bonds. The van der Waals surface area contributed by atoms with Crippen LogP contribution in [0, 0.1) is 23.7 Å². The fourth-order valence-corrected chi connectivity index (χ4v) is 1.47. The van der Waals surface area contributed by atoms with E-state index >= 15 is 0 Å². The molecule has 0 rings (SSSR count). The predicted molar refractivity (Wildman–Crippen MR) is 60.5 cm³/mol. The van der Waals surface area contributed by atoms with E-state index < -0.39 is 0 Å². The minimum atomic E-state index is 0.519. The molecule has 0 aromatic heterocycles. The fourth-order valence-electron chi connectivity index (χ4n) is 0.527. The molecule has 68 valence electrons. The molecule has 0 radical (unpaired) electrons. The van der Waals surface area contributed by atoms with Crippen LogP contribution in [0.1, 0.15) is 13.8 Å². The second-order valence-corrected chi connectivity index (χ2v) is 4.72. The summed E-state index contributed by atoms with van der Waals surface area (Å²) in [6, 6.07) is 0. The summed E-state index contributed by atoms with van der Waals surface area (Å²) in [7, 11) is 0. The molecule has 0 nitrogen and oxygen atoms in total. The first kappa shape index (κ1) is 12.1. The van der Waals surface area contributed by atoms with Gasteiger partial charge in [0.15, 0.2) is 0 Å². The van der Waals surface area contributed by atoms with Crippen molar-refractivity contribution in [1.82, 2.24) is 0 Å². The van der Waals surface area contributed by atoms with Crippen molar-refractivity contribution >= 4 is 15.0 Å². The van der Waals surface area contributed by atoms with Crippen LogP contribution >= 0.6 is 0 Å². The van der Waals surface area contributed by atoms with E-state index in [0.717, 1.165) is 21.8 Å². The molecule has 0 spiro atoms. The molecule has 1 heteroatoms. The van der Waals surface area contributed by atoms with Crippen LogP contribution in [0.15, 0.2) is 24.3 Å². The third kappa shape index (κ3) is 11.1. The maximum absolute atomic E-state index is 3.71. The molecule has 0 aliphatic rings. The van der Waals surface area contributed by atoms with Crippen molar-refractivity contribution in [3.8, 4) is 23.7 Å². The molecule has 13 heavy (non-hydrogen) atoms. The zero-order valence-corrected chi connectivity index (χ0v) is 9.95. The Balaban J connectivity index is 3.51. The van der Waals surface area contributed by atoms with Crippen molar-refractivity contribution in [3.63, 3.8) is 0 Å². The fraction of sp³-hybridized carbons (Fsp3) is 0.333.